The molecule has 0 radical (unpaired) electrons. The zero-order valence-corrected chi connectivity index (χ0v) is 16.6. The predicted octanol–water partition coefficient (Wildman–Crippen LogP) is 2.36. The summed E-state index contributed by atoms with van der Waals surface area (Å²) in [5.41, 5.74) is 4.32. The molecule has 1 aromatic heterocycles. The molecular weight excluding hydrogens is 332 g/mol. The van der Waals surface area contributed by atoms with Crippen molar-refractivity contribution in [3.8, 4) is 0 Å². The van der Waals surface area contributed by atoms with E-state index < -0.39 is 0 Å². The number of fused-ring (bicyclic) bond motifs is 1. The van der Waals surface area contributed by atoms with Crippen molar-refractivity contribution in [1.29, 1.82) is 0 Å². The maximum atomic E-state index is 13.0. The molecule has 138 valence electrons. The Kier molecular flexibility index (Phi) is 5.89. The van der Waals surface area contributed by atoms with E-state index in [0.29, 0.717) is 11.7 Å². The van der Waals surface area contributed by atoms with Crippen LogP contribution in [0, 0.1) is 0 Å². The van der Waals surface area contributed by atoms with Crippen LogP contribution >= 0.6 is 11.8 Å². The first-order chi connectivity index (χ1) is 12.0. The van der Waals surface area contributed by atoms with Crippen LogP contribution in [0.3, 0.4) is 0 Å². The first-order valence-corrected chi connectivity index (χ1v) is 10.5. The molecule has 25 heavy (non-hydrogen) atoms. The van der Waals surface area contributed by atoms with Gasteiger partial charge in [0.2, 0.25) is 0 Å². The fraction of sp³-hybridized carbons (Fsp3) is 0.684. The van der Waals surface area contributed by atoms with Crippen LogP contribution < -0.4 is 0 Å². The van der Waals surface area contributed by atoms with Gasteiger partial charge in [0.15, 0.2) is 5.69 Å². The van der Waals surface area contributed by atoms with Crippen LogP contribution in [0.15, 0.2) is 12.2 Å². The summed E-state index contributed by atoms with van der Waals surface area (Å²) in [6.45, 7) is 12.0. The lowest BCUT2D eigenvalue weighted by atomic mass is 9.89. The Labute approximate surface area is 155 Å². The Morgan fingerprint density at radius 2 is 2.12 bits per heavy atom. The van der Waals surface area contributed by atoms with Gasteiger partial charge in [-0.15, -0.1) is 0 Å². The van der Waals surface area contributed by atoms with Crippen molar-refractivity contribution in [3.63, 3.8) is 0 Å². The number of amides is 1. The van der Waals surface area contributed by atoms with Gasteiger partial charge in [0.25, 0.3) is 5.91 Å². The molecule has 0 aromatic carbocycles. The lowest BCUT2D eigenvalue weighted by Crippen LogP contribution is -2.41. The van der Waals surface area contributed by atoms with Crippen molar-refractivity contribution in [1.82, 2.24) is 19.6 Å². The maximum Gasteiger partial charge on any atom is 0.274 e. The summed E-state index contributed by atoms with van der Waals surface area (Å²) in [6, 6.07) is 0.474. The SMILES string of the molecule is C=C(C)CN(CC)C1CCc2c(c(C(=O)N3CCSCC3)nn2C)C1. The number of hydrogen-bond acceptors (Lipinski definition) is 4. The molecule has 1 aliphatic heterocycles. The molecule has 5 nitrogen and oxygen atoms in total. The van der Waals surface area contributed by atoms with Crippen LogP contribution in [0.5, 0.6) is 0 Å². The third kappa shape index (κ3) is 3.95. The van der Waals surface area contributed by atoms with Crippen molar-refractivity contribution in [2.75, 3.05) is 37.7 Å². The molecule has 1 saturated heterocycles. The van der Waals surface area contributed by atoms with Crippen LogP contribution in [0.4, 0.5) is 0 Å². The topological polar surface area (TPSA) is 41.4 Å². The standard InChI is InChI=1S/C19H30N4OS/c1-5-22(13-14(2)3)15-6-7-17-16(12-15)18(20-21(17)4)19(24)23-8-10-25-11-9-23/h15H,2,5-13H2,1,3-4H3. The molecule has 3 rings (SSSR count). The third-order valence-corrected chi connectivity index (χ3v) is 6.27. The van der Waals surface area contributed by atoms with Gasteiger partial charge in [-0.1, -0.05) is 19.1 Å². The van der Waals surface area contributed by atoms with Gasteiger partial charge in [-0.2, -0.15) is 16.9 Å². The number of rotatable bonds is 5. The molecule has 0 saturated carbocycles. The summed E-state index contributed by atoms with van der Waals surface area (Å²) < 4.78 is 1.94. The molecule has 1 amide bonds. The molecular formula is C19H30N4OS. The zero-order valence-electron chi connectivity index (χ0n) is 15.8. The smallest absolute Gasteiger partial charge is 0.274 e. The third-order valence-electron chi connectivity index (χ3n) is 5.33. The van der Waals surface area contributed by atoms with Gasteiger partial charge in [-0.25, -0.2) is 0 Å². The molecule has 6 heteroatoms. The van der Waals surface area contributed by atoms with E-state index in [9.17, 15) is 4.79 Å². The van der Waals surface area contributed by atoms with Gasteiger partial charge in [0.05, 0.1) is 0 Å². The molecule has 1 atom stereocenters. The summed E-state index contributed by atoms with van der Waals surface area (Å²) >= 11 is 1.92. The number of aryl methyl sites for hydroxylation is 1. The van der Waals surface area contributed by atoms with E-state index in [2.05, 4.69) is 30.4 Å². The Morgan fingerprint density at radius 1 is 1.40 bits per heavy atom. The second-order valence-electron chi connectivity index (χ2n) is 7.22. The zero-order chi connectivity index (χ0) is 18.0. The largest absolute Gasteiger partial charge is 0.336 e. The maximum absolute atomic E-state index is 13.0. The molecule has 1 aromatic rings. The molecule has 1 unspecified atom stereocenters. The number of aromatic nitrogens is 2. The quantitative estimate of drug-likeness (QED) is 0.754. The minimum absolute atomic E-state index is 0.126. The van der Waals surface area contributed by atoms with Crippen molar-refractivity contribution in [2.45, 2.75) is 39.2 Å². The van der Waals surface area contributed by atoms with Crippen LogP contribution in [-0.4, -0.2) is 69.2 Å². The fourth-order valence-corrected chi connectivity index (χ4v) is 4.92. The average Bonchev–Trinajstić information content (AvgIpc) is 2.96. The normalized spacial score (nSPS) is 20.6. The Bertz CT molecular complexity index is 648. The summed E-state index contributed by atoms with van der Waals surface area (Å²) in [4.78, 5) is 17.5. The van der Waals surface area contributed by atoms with Crippen molar-refractivity contribution in [2.24, 2.45) is 7.05 Å². The van der Waals surface area contributed by atoms with Crippen LogP contribution in [0.1, 0.15) is 42.0 Å². The van der Waals surface area contributed by atoms with Crippen molar-refractivity contribution < 1.29 is 4.79 Å². The van der Waals surface area contributed by atoms with E-state index in [1.54, 1.807) is 0 Å². The van der Waals surface area contributed by atoms with Gasteiger partial charge in [-0.3, -0.25) is 14.4 Å². The summed E-state index contributed by atoms with van der Waals surface area (Å²) in [6.07, 6.45) is 3.05. The van der Waals surface area contributed by atoms with Gasteiger partial charge in [0.1, 0.15) is 0 Å². The molecule has 2 heterocycles. The Hall–Kier alpha value is -1.27. The summed E-state index contributed by atoms with van der Waals surface area (Å²) in [5, 5.41) is 4.63. The number of likely N-dealkylation sites (N-methyl/N-ethyl adjacent to an activating group) is 1. The summed E-state index contributed by atoms with van der Waals surface area (Å²) in [7, 11) is 1.98. The second kappa shape index (κ2) is 7.96. The molecule has 1 aliphatic carbocycles. The van der Waals surface area contributed by atoms with E-state index in [1.165, 1.54) is 16.8 Å². The van der Waals surface area contributed by atoms with E-state index in [-0.39, 0.29) is 5.91 Å². The lowest BCUT2D eigenvalue weighted by Gasteiger charge is -2.34. The highest BCUT2D eigenvalue weighted by molar-refractivity contribution is 7.99. The van der Waals surface area contributed by atoms with E-state index in [1.807, 2.05) is 28.4 Å². The minimum atomic E-state index is 0.126. The average molecular weight is 363 g/mol. The molecule has 2 aliphatic rings. The molecule has 0 bridgehead atoms. The molecule has 1 fully saturated rings. The highest BCUT2D eigenvalue weighted by Gasteiger charge is 2.32. The Balaban J connectivity index is 1.82. The van der Waals surface area contributed by atoms with Gasteiger partial charge >= 0.3 is 0 Å². The monoisotopic (exact) mass is 362 g/mol. The number of carbonyl (C=O) groups excluding carboxylic acids is 1. The number of carbonyl (C=O) groups is 1. The summed E-state index contributed by atoms with van der Waals surface area (Å²) in [5.74, 6) is 2.19. The van der Waals surface area contributed by atoms with E-state index in [0.717, 1.165) is 56.9 Å². The van der Waals surface area contributed by atoms with Gasteiger partial charge in [0, 0.05) is 55.5 Å². The van der Waals surface area contributed by atoms with Crippen LogP contribution in [-0.2, 0) is 19.9 Å². The van der Waals surface area contributed by atoms with E-state index >= 15 is 0 Å². The van der Waals surface area contributed by atoms with Crippen molar-refractivity contribution >= 4 is 17.7 Å². The van der Waals surface area contributed by atoms with Gasteiger partial charge < -0.3 is 4.90 Å². The number of thioether (sulfide) groups is 1. The number of nitrogens with zero attached hydrogens (tertiary/aromatic N) is 4. The van der Waals surface area contributed by atoms with Crippen LogP contribution in [0.25, 0.3) is 0 Å². The first kappa shape index (κ1) is 18.5. The van der Waals surface area contributed by atoms with Crippen LogP contribution in [0.2, 0.25) is 0 Å². The lowest BCUT2D eigenvalue weighted by molar-refractivity contribution is 0.0763. The van der Waals surface area contributed by atoms with Gasteiger partial charge in [-0.05, 0) is 32.7 Å². The molecule has 0 N–H and O–H groups in total. The Morgan fingerprint density at radius 3 is 2.76 bits per heavy atom. The highest BCUT2D eigenvalue weighted by atomic mass is 32.2. The predicted molar refractivity (Wildman–Crippen MR) is 104 cm³/mol. The fourth-order valence-electron chi connectivity index (χ4n) is 4.02. The van der Waals surface area contributed by atoms with Crippen molar-refractivity contribution in [3.05, 3.63) is 29.1 Å². The number of hydrogen-bond donors (Lipinski definition) is 0. The molecule has 0 spiro atoms. The second-order valence-corrected chi connectivity index (χ2v) is 8.44. The minimum Gasteiger partial charge on any atom is -0.336 e. The first-order valence-electron chi connectivity index (χ1n) is 9.31. The van der Waals surface area contributed by atoms with E-state index in [4.69, 9.17) is 0 Å². The highest BCUT2D eigenvalue weighted by Crippen LogP contribution is 2.28.